The van der Waals surface area contributed by atoms with E-state index in [0.717, 1.165) is 41.9 Å². The van der Waals surface area contributed by atoms with Crippen molar-refractivity contribution in [1.29, 1.82) is 0 Å². The number of fused-ring (bicyclic) bond motifs is 1. The molecule has 170 valence electrons. The third kappa shape index (κ3) is 4.44. The second kappa shape index (κ2) is 8.32. The molecule has 0 fully saturated rings. The number of benzene rings is 1. The van der Waals surface area contributed by atoms with Crippen LogP contribution in [0.4, 0.5) is 13.2 Å². The minimum absolute atomic E-state index is 0.487. The molecule has 33 heavy (non-hydrogen) atoms. The van der Waals surface area contributed by atoms with Gasteiger partial charge in [-0.3, -0.25) is 9.38 Å². The third-order valence-corrected chi connectivity index (χ3v) is 6.65. The first-order valence-electron chi connectivity index (χ1n) is 9.65. The first-order chi connectivity index (χ1) is 15.6. The van der Waals surface area contributed by atoms with Gasteiger partial charge in [-0.2, -0.15) is 31.1 Å². The lowest BCUT2D eigenvalue weighted by Crippen LogP contribution is -2.22. The van der Waals surface area contributed by atoms with Gasteiger partial charge in [0.2, 0.25) is 0 Å². The van der Waals surface area contributed by atoms with Crippen LogP contribution >= 0.6 is 0 Å². The molecule has 0 radical (unpaired) electrons. The maximum atomic E-state index is 13.0. The van der Waals surface area contributed by atoms with E-state index in [1.54, 1.807) is 16.8 Å². The molecule has 0 aliphatic rings. The van der Waals surface area contributed by atoms with E-state index in [9.17, 15) is 21.6 Å². The Bertz CT molecular complexity index is 1450. The van der Waals surface area contributed by atoms with Crippen LogP contribution in [0.3, 0.4) is 0 Å². The lowest BCUT2D eigenvalue weighted by molar-refractivity contribution is -0.137. The van der Waals surface area contributed by atoms with E-state index in [0.29, 0.717) is 21.8 Å². The van der Waals surface area contributed by atoms with Crippen LogP contribution in [0.2, 0.25) is 0 Å². The summed E-state index contributed by atoms with van der Waals surface area (Å²) in [5.41, 5.74) is 2.85. The average Bonchev–Trinajstić information content (AvgIpc) is 3.18. The van der Waals surface area contributed by atoms with E-state index in [4.69, 9.17) is 0 Å². The van der Waals surface area contributed by atoms with Gasteiger partial charge >= 0.3 is 6.18 Å². The first-order valence-corrected chi connectivity index (χ1v) is 11.1. The van der Waals surface area contributed by atoms with E-state index in [1.165, 1.54) is 12.4 Å². The molecule has 4 rings (SSSR count). The van der Waals surface area contributed by atoms with Crippen molar-refractivity contribution in [2.75, 3.05) is 7.05 Å². The maximum Gasteiger partial charge on any atom is 0.416 e. The Morgan fingerprint density at radius 3 is 2.61 bits per heavy atom. The van der Waals surface area contributed by atoms with Gasteiger partial charge in [0.05, 0.1) is 28.6 Å². The average molecular weight is 473 g/mol. The zero-order valence-electron chi connectivity index (χ0n) is 17.5. The molecular weight excluding hydrogens is 455 g/mol. The number of nitrogens with zero attached hydrogens (tertiary/aromatic N) is 5. The number of aromatic nitrogens is 3. The van der Waals surface area contributed by atoms with E-state index >= 15 is 0 Å². The van der Waals surface area contributed by atoms with E-state index < -0.39 is 26.7 Å². The molecule has 0 spiro atoms. The standard InChI is InChI=1S/C22H18F3N5O2S/c1-15-9-21-27-12-18(30(21)14-20(15)16-5-4-8-26-11-16)13-28-29(2)33(31,32)19-7-3-6-17(10-19)22(23,24)25/h3-14H,1-2H3. The van der Waals surface area contributed by atoms with Crippen LogP contribution in [0.1, 0.15) is 16.8 Å². The van der Waals surface area contributed by atoms with E-state index in [1.807, 2.05) is 31.3 Å². The highest BCUT2D eigenvalue weighted by atomic mass is 32.2. The van der Waals surface area contributed by atoms with Crippen molar-refractivity contribution >= 4 is 21.9 Å². The Hall–Kier alpha value is -3.73. The van der Waals surface area contributed by atoms with Crippen molar-refractivity contribution in [1.82, 2.24) is 18.8 Å². The zero-order valence-corrected chi connectivity index (χ0v) is 18.3. The van der Waals surface area contributed by atoms with Crippen LogP contribution in [0, 0.1) is 6.92 Å². The number of rotatable bonds is 5. The second-order valence-corrected chi connectivity index (χ2v) is 9.18. The Labute approximate surface area is 187 Å². The number of sulfonamides is 1. The summed E-state index contributed by atoms with van der Waals surface area (Å²) in [6.07, 6.45) is 3.40. The maximum absolute atomic E-state index is 13.0. The van der Waals surface area contributed by atoms with Crippen LogP contribution in [0.5, 0.6) is 0 Å². The summed E-state index contributed by atoms with van der Waals surface area (Å²) in [5, 5.41) is 3.95. The number of aryl methyl sites for hydroxylation is 1. The molecule has 0 saturated carbocycles. The van der Waals surface area contributed by atoms with Crippen molar-refractivity contribution in [3.63, 3.8) is 0 Å². The Balaban J connectivity index is 1.67. The first kappa shape index (κ1) is 22.5. The molecule has 3 aromatic heterocycles. The summed E-state index contributed by atoms with van der Waals surface area (Å²) in [6.45, 7) is 1.94. The monoisotopic (exact) mass is 473 g/mol. The molecule has 0 atom stereocenters. The van der Waals surface area contributed by atoms with Crippen LogP contribution in [-0.4, -0.2) is 40.5 Å². The minimum atomic E-state index is -4.66. The van der Waals surface area contributed by atoms with Gasteiger partial charge in [-0.1, -0.05) is 12.1 Å². The smallest absolute Gasteiger partial charge is 0.298 e. The summed E-state index contributed by atoms with van der Waals surface area (Å²) in [7, 11) is -3.14. The second-order valence-electron chi connectivity index (χ2n) is 7.23. The van der Waals surface area contributed by atoms with Gasteiger partial charge < -0.3 is 0 Å². The molecule has 7 nitrogen and oxygen atoms in total. The highest BCUT2D eigenvalue weighted by molar-refractivity contribution is 7.89. The summed E-state index contributed by atoms with van der Waals surface area (Å²) < 4.78 is 66.7. The SMILES string of the molecule is Cc1cc2ncc(C=NN(C)S(=O)(=O)c3cccc(C(F)(F)F)c3)n2cc1-c1cccnc1. The normalized spacial score (nSPS) is 12.5. The molecule has 0 saturated heterocycles. The van der Waals surface area contributed by atoms with Crippen LogP contribution < -0.4 is 0 Å². The molecule has 0 aliphatic carbocycles. The molecule has 4 aromatic rings. The summed E-state index contributed by atoms with van der Waals surface area (Å²) in [5.74, 6) is 0. The van der Waals surface area contributed by atoms with Gasteiger partial charge in [-0.05, 0) is 42.8 Å². The fourth-order valence-electron chi connectivity index (χ4n) is 3.25. The van der Waals surface area contributed by atoms with Crippen molar-refractivity contribution in [3.8, 4) is 11.1 Å². The fourth-order valence-corrected chi connectivity index (χ4v) is 4.25. The summed E-state index contributed by atoms with van der Waals surface area (Å²) in [6, 6.07) is 9.14. The number of halogens is 3. The number of pyridine rings is 2. The number of hydrogen-bond donors (Lipinski definition) is 0. The minimum Gasteiger partial charge on any atom is -0.298 e. The largest absolute Gasteiger partial charge is 0.416 e. The highest BCUT2D eigenvalue weighted by Gasteiger charge is 2.32. The molecule has 1 aromatic carbocycles. The van der Waals surface area contributed by atoms with Crippen LogP contribution in [-0.2, 0) is 16.2 Å². The van der Waals surface area contributed by atoms with Crippen molar-refractivity contribution in [2.45, 2.75) is 18.0 Å². The highest BCUT2D eigenvalue weighted by Crippen LogP contribution is 2.31. The van der Waals surface area contributed by atoms with Gasteiger partial charge in [0.1, 0.15) is 5.65 Å². The van der Waals surface area contributed by atoms with Crippen LogP contribution in [0.25, 0.3) is 16.8 Å². The zero-order chi connectivity index (χ0) is 23.8. The molecule has 3 heterocycles. The number of hydrogen-bond acceptors (Lipinski definition) is 5. The molecule has 0 amide bonds. The van der Waals surface area contributed by atoms with Gasteiger partial charge in [0.25, 0.3) is 10.0 Å². The number of imidazole rings is 1. The number of hydrazone groups is 1. The van der Waals surface area contributed by atoms with E-state index in [2.05, 4.69) is 15.1 Å². The predicted molar refractivity (Wildman–Crippen MR) is 117 cm³/mol. The van der Waals surface area contributed by atoms with Gasteiger partial charge in [-0.25, -0.2) is 4.98 Å². The molecule has 0 bridgehead atoms. The van der Waals surface area contributed by atoms with Crippen molar-refractivity contribution in [3.05, 3.63) is 84.1 Å². The molecule has 0 N–H and O–H groups in total. The Morgan fingerprint density at radius 2 is 1.91 bits per heavy atom. The lowest BCUT2D eigenvalue weighted by Gasteiger charge is -2.15. The van der Waals surface area contributed by atoms with Gasteiger partial charge in [-0.15, -0.1) is 0 Å². The van der Waals surface area contributed by atoms with Crippen molar-refractivity contribution in [2.24, 2.45) is 5.10 Å². The topological polar surface area (TPSA) is 79.9 Å². The third-order valence-electron chi connectivity index (χ3n) is 5.01. The van der Waals surface area contributed by atoms with Crippen LogP contribution in [0.15, 0.2) is 77.2 Å². The Morgan fingerprint density at radius 1 is 1.12 bits per heavy atom. The van der Waals surface area contributed by atoms with Crippen molar-refractivity contribution < 1.29 is 21.6 Å². The molecule has 11 heteroatoms. The summed E-state index contributed by atoms with van der Waals surface area (Å²) in [4.78, 5) is 7.94. The molecule has 0 aliphatic heterocycles. The fraction of sp³-hybridized carbons (Fsp3) is 0.136. The molecular formula is C22H18F3N5O2S. The van der Waals surface area contributed by atoms with E-state index in [-0.39, 0.29) is 0 Å². The quantitative estimate of drug-likeness (QED) is 0.318. The summed E-state index contributed by atoms with van der Waals surface area (Å²) >= 11 is 0. The number of alkyl halides is 3. The lowest BCUT2D eigenvalue weighted by atomic mass is 10.1. The predicted octanol–water partition coefficient (Wildman–Crippen LogP) is 4.38. The van der Waals surface area contributed by atoms with Gasteiger partial charge in [0, 0.05) is 36.8 Å². The Kier molecular flexibility index (Phi) is 5.66. The van der Waals surface area contributed by atoms with Gasteiger partial charge in [0.15, 0.2) is 0 Å². The molecule has 0 unspecified atom stereocenters.